The maximum absolute atomic E-state index is 11.5. The van der Waals surface area contributed by atoms with Crippen molar-refractivity contribution in [3.8, 4) is 0 Å². The van der Waals surface area contributed by atoms with Gasteiger partial charge < -0.3 is 0 Å². The Morgan fingerprint density at radius 1 is 0.474 bits per heavy atom. The quantitative estimate of drug-likeness (QED) is 0.112. The van der Waals surface area contributed by atoms with Crippen molar-refractivity contribution in [2.75, 3.05) is 0 Å². The molecule has 0 aliphatic rings. The van der Waals surface area contributed by atoms with E-state index in [0.717, 1.165) is 23.3 Å². The second-order valence-corrected chi connectivity index (χ2v) is 11.7. The third-order valence-corrected chi connectivity index (χ3v) is 11.1. The number of hydrogen-bond donors (Lipinski definition) is 0. The van der Waals surface area contributed by atoms with Crippen molar-refractivity contribution in [2.24, 2.45) is 0 Å². The van der Waals surface area contributed by atoms with Crippen LogP contribution in [0, 0.1) is 40.5 Å². The molecule has 0 aliphatic heterocycles. The van der Waals surface area contributed by atoms with Crippen molar-refractivity contribution in [2.45, 2.75) is 19.3 Å². The summed E-state index contributed by atoms with van der Waals surface area (Å²) in [7, 11) is 0. The van der Waals surface area contributed by atoms with Gasteiger partial charge in [-0.15, -0.1) is 0 Å². The van der Waals surface area contributed by atoms with Crippen LogP contribution in [0.5, 0.6) is 0 Å². The molecule has 0 unspecified atom stereocenters. The molecule has 0 saturated heterocycles. The molecule has 0 bridgehead atoms. The van der Waals surface area contributed by atoms with Gasteiger partial charge in [0.15, 0.2) is 0 Å². The predicted octanol–water partition coefficient (Wildman–Crippen LogP) is 8.46. The molecule has 3 aromatic carbocycles. The zero-order valence-electron chi connectivity index (χ0n) is 18.6. The van der Waals surface area contributed by atoms with Gasteiger partial charge in [-0.2, -0.15) is 0 Å². The summed E-state index contributed by atoms with van der Waals surface area (Å²) in [5.74, 6) is 0. The van der Waals surface area contributed by atoms with E-state index >= 15 is 0 Å². The van der Waals surface area contributed by atoms with Crippen LogP contribution in [-0.4, -0.2) is 19.7 Å². The maximum atomic E-state index is 11.5. The number of non-ortho nitro benzene ring substituents is 2. The highest BCUT2D eigenvalue weighted by Crippen LogP contribution is 2.48. The van der Waals surface area contributed by atoms with Gasteiger partial charge in [0.05, 0.1) is 51.1 Å². The number of nitrogens with zero attached hydrogens (tertiary/aromatic N) is 4. The molecule has 198 valence electrons. The normalized spacial score (nSPS) is 14.2. The highest BCUT2D eigenvalue weighted by molar-refractivity contribution is 9.12. The van der Waals surface area contributed by atoms with Crippen LogP contribution in [0.15, 0.2) is 60.7 Å². The molecule has 0 heterocycles. The second-order valence-electron chi connectivity index (χ2n) is 7.79. The lowest BCUT2D eigenvalue weighted by Crippen LogP contribution is -2.06. The average molecular weight is 782 g/mol. The van der Waals surface area contributed by atoms with Crippen LogP contribution in [0.25, 0.3) is 0 Å². The van der Waals surface area contributed by atoms with E-state index in [4.69, 9.17) is 0 Å². The highest BCUT2D eigenvalue weighted by atomic mass is 79.9. The van der Waals surface area contributed by atoms with Crippen LogP contribution in [0.3, 0.4) is 0 Å². The van der Waals surface area contributed by atoms with Gasteiger partial charge in [-0.25, -0.2) is 0 Å². The summed E-state index contributed by atoms with van der Waals surface area (Å²) in [6, 6.07) is 13.9. The molecule has 16 heteroatoms. The van der Waals surface area contributed by atoms with Crippen LogP contribution in [0.2, 0.25) is 0 Å². The first-order chi connectivity index (χ1) is 17.8. The average Bonchev–Trinajstić information content (AvgIpc) is 2.90. The Morgan fingerprint density at radius 3 is 1.05 bits per heavy atom. The Bertz CT molecular complexity index is 1320. The number of nitro groups is 4. The van der Waals surface area contributed by atoms with E-state index in [-0.39, 0.29) is 11.1 Å². The van der Waals surface area contributed by atoms with Crippen LogP contribution in [0.4, 0.5) is 22.7 Å². The molecular weight excluding hydrogens is 768 g/mol. The van der Waals surface area contributed by atoms with E-state index in [9.17, 15) is 40.5 Å². The molecule has 0 aromatic heterocycles. The monoisotopic (exact) mass is 778 g/mol. The molecule has 0 N–H and O–H groups in total. The Labute approximate surface area is 247 Å². The van der Waals surface area contributed by atoms with E-state index in [2.05, 4.69) is 63.7 Å². The lowest BCUT2D eigenvalue weighted by Gasteiger charge is -2.20. The van der Waals surface area contributed by atoms with Crippen molar-refractivity contribution in [3.05, 3.63) is 123 Å². The van der Waals surface area contributed by atoms with Crippen molar-refractivity contribution < 1.29 is 19.7 Å². The first-order valence-electron chi connectivity index (χ1n) is 10.3. The fraction of sp³-hybridized carbons (Fsp3) is 0.182. The standard InChI is InChI=1S/C22H14Br4N4O8/c23-19(21(25)15-7-5-13(27(31)32)9-17(15)29(35)36)11-1-2-12(4-3-11)20(24)22(26)16-8-6-14(28(33)34)10-18(16)30(37)38/h1-10,19-22H/t19-,20-,21+,22+/m1/s1. The minimum absolute atomic E-state index is 0.246. The number of halogens is 4. The van der Waals surface area contributed by atoms with Gasteiger partial charge in [-0.3, -0.25) is 40.5 Å². The number of nitro benzene ring substituents is 4. The van der Waals surface area contributed by atoms with Crippen molar-refractivity contribution in [1.82, 2.24) is 0 Å². The first kappa shape index (κ1) is 29.7. The summed E-state index contributed by atoms with van der Waals surface area (Å²) < 4.78 is 0. The Morgan fingerprint density at radius 2 is 0.789 bits per heavy atom. The van der Waals surface area contributed by atoms with E-state index in [1.807, 2.05) is 0 Å². The smallest absolute Gasteiger partial charge is 0.258 e. The topological polar surface area (TPSA) is 173 Å². The largest absolute Gasteiger partial charge is 0.280 e. The van der Waals surface area contributed by atoms with Crippen molar-refractivity contribution in [1.29, 1.82) is 0 Å². The third kappa shape index (κ3) is 6.42. The van der Waals surface area contributed by atoms with Gasteiger partial charge in [-0.05, 0) is 23.3 Å². The second kappa shape index (κ2) is 12.4. The van der Waals surface area contributed by atoms with E-state index in [1.54, 1.807) is 24.3 Å². The van der Waals surface area contributed by atoms with E-state index in [1.165, 1.54) is 24.3 Å². The van der Waals surface area contributed by atoms with Gasteiger partial charge in [0.1, 0.15) is 0 Å². The summed E-state index contributed by atoms with van der Waals surface area (Å²) >= 11 is 14.0. The molecule has 12 nitrogen and oxygen atoms in total. The molecule has 0 spiro atoms. The third-order valence-electron chi connectivity index (χ3n) is 5.52. The summed E-state index contributed by atoms with van der Waals surface area (Å²) in [4.78, 5) is 40.2. The minimum Gasteiger partial charge on any atom is -0.258 e. The van der Waals surface area contributed by atoms with Gasteiger partial charge in [0.25, 0.3) is 22.7 Å². The fourth-order valence-electron chi connectivity index (χ4n) is 3.59. The predicted molar refractivity (Wildman–Crippen MR) is 153 cm³/mol. The summed E-state index contributed by atoms with van der Waals surface area (Å²) in [5.41, 5.74) is 0.384. The summed E-state index contributed by atoms with van der Waals surface area (Å²) in [6.07, 6.45) is 0. The summed E-state index contributed by atoms with van der Waals surface area (Å²) in [6.45, 7) is 0. The van der Waals surface area contributed by atoms with Crippen molar-refractivity contribution >= 4 is 86.5 Å². The van der Waals surface area contributed by atoms with Gasteiger partial charge in [0, 0.05) is 23.3 Å². The fourth-order valence-corrected chi connectivity index (χ4v) is 6.16. The van der Waals surface area contributed by atoms with Crippen LogP contribution < -0.4 is 0 Å². The van der Waals surface area contributed by atoms with Crippen molar-refractivity contribution in [3.63, 3.8) is 0 Å². The van der Waals surface area contributed by atoms with Crippen LogP contribution in [-0.2, 0) is 0 Å². The molecule has 0 amide bonds. The number of hydrogen-bond acceptors (Lipinski definition) is 8. The van der Waals surface area contributed by atoms with E-state index in [0.29, 0.717) is 0 Å². The number of rotatable bonds is 10. The molecule has 4 atom stereocenters. The highest BCUT2D eigenvalue weighted by Gasteiger charge is 2.31. The zero-order chi connectivity index (χ0) is 28.3. The van der Waals surface area contributed by atoms with E-state index < -0.39 is 61.8 Å². The molecule has 3 aromatic rings. The van der Waals surface area contributed by atoms with Crippen LogP contribution >= 0.6 is 63.7 Å². The molecule has 38 heavy (non-hydrogen) atoms. The Hall–Kier alpha value is -2.82. The molecule has 0 saturated carbocycles. The first-order valence-corrected chi connectivity index (χ1v) is 14.0. The minimum atomic E-state index is -0.705. The van der Waals surface area contributed by atoms with Gasteiger partial charge in [0.2, 0.25) is 0 Å². The summed E-state index contributed by atoms with van der Waals surface area (Å²) in [5, 5.41) is 45.1. The van der Waals surface area contributed by atoms with Crippen LogP contribution in [0.1, 0.15) is 41.6 Å². The van der Waals surface area contributed by atoms with Gasteiger partial charge in [-0.1, -0.05) is 88.0 Å². The lowest BCUT2D eigenvalue weighted by molar-refractivity contribution is -0.394. The SMILES string of the molecule is O=[N+]([O-])c1ccc([C@H](Br)[C@H](Br)c2ccc([C@@H](Br)[C@@H](Br)c3ccc([N+](=O)[O-])cc3[N+](=O)[O-])cc2)c([N+](=O)[O-])c1. The van der Waals surface area contributed by atoms with Gasteiger partial charge >= 0.3 is 0 Å². The lowest BCUT2D eigenvalue weighted by atomic mass is 9.98. The Balaban J connectivity index is 1.86. The maximum Gasteiger partial charge on any atom is 0.280 e. The Kier molecular flexibility index (Phi) is 9.67. The molecule has 0 aliphatic carbocycles. The zero-order valence-corrected chi connectivity index (χ0v) is 25.0. The number of alkyl halides is 4. The number of benzene rings is 3. The molecule has 0 fully saturated rings. The molecule has 0 radical (unpaired) electrons. The molecule has 3 rings (SSSR count). The molecular formula is C22H14Br4N4O8.